The zero-order valence-electron chi connectivity index (χ0n) is 11.9. The van der Waals surface area contributed by atoms with Gasteiger partial charge in [-0.25, -0.2) is 4.79 Å². The Morgan fingerprint density at radius 3 is 2.37 bits per heavy atom. The van der Waals surface area contributed by atoms with Gasteiger partial charge in [0.05, 0.1) is 12.8 Å². The fourth-order valence-electron chi connectivity index (χ4n) is 2.36. The van der Waals surface area contributed by atoms with Crippen LogP contribution < -0.4 is 10.4 Å². The Labute approximate surface area is 112 Å². The summed E-state index contributed by atoms with van der Waals surface area (Å²) in [6.45, 7) is 7.88. The number of ether oxygens (including phenoxy) is 1. The molecule has 0 amide bonds. The number of aryl methyl sites for hydroxylation is 2. The third-order valence-corrected chi connectivity index (χ3v) is 3.39. The van der Waals surface area contributed by atoms with E-state index in [1.54, 1.807) is 7.11 Å². The van der Waals surface area contributed by atoms with Gasteiger partial charge in [0.1, 0.15) is 5.75 Å². The molecule has 1 N–H and O–H groups in total. The SMILES string of the molecule is COc1c(C)cc(-c2cc(C)[nH]c(=O)n2)c(C)c1C. The summed E-state index contributed by atoms with van der Waals surface area (Å²) >= 11 is 0. The van der Waals surface area contributed by atoms with E-state index in [-0.39, 0.29) is 5.69 Å². The maximum absolute atomic E-state index is 11.5. The molecule has 0 saturated heterocycles. The van der Waals surface area contributed by atoms with E-state index in [0.29, 0.717) is 5.69 Å². The number of aromatic amines is 1. The first-order chi connectivity index (χ1) is 8.93. The van der Waals surface area contributed by atoms with Crippen LogP contribution in [0.5, 0.6) is 5.75 Å². The standard InChI is InChI=1S/C15H18N2O2/c1-8-6-12(10(3)11(4)14(8)19-5)13-7-9(2)16-15(18)17-13/h6-7H,1-5H3,(H,16,17,18). The second kappa shape index (κ2) is 4.88. The zero-order chi connectivity index (χ0) is 14.2. The number of hydrogen-bond donors (Lipinski definition) is 1. The molecule has 0 spiro atoms. The van der Waals surface area contributed by atoms with Crippen LogP contribution in [0.2, 0.25) is 0 Å². The molecule has 0 bridgehead atoms. The van der Waals surface area contributed by atoms with Crippen LogP contribution in [0.25, 0.3) is 11.3 Å². The van der Waals surface area contributed by atoms with Gasteiger partial charge < -0.3 is 9.72 Å². The minimum atomic E-state index is -0.319. The Bertz CT molecular complexity index is 687. The van der Waals surface area contributed by atoms with E-state index in [2.05, 4.69) is 9.97 Å². The summed E-state index contributed by atoms with van der Waals surface area (Å²) in [6.07, 6.45) is 0. The lowest BCUT2D eigenvalue weighted by atomic mass is 9.96. The van der Waals surface area contributed by atoms with E-state index in [9.17, 15) is 4.79 Å². The number of H-pyrrole nitrogens is 1. The van der Waals surface area contributed by atoms with Crippen LogP contribution in [0, 0.1) is 27.7 Å². The molecule has 0 aliphatic rings. The van der Waals surface area contributed by atoms with Crippen LogP contribution in [-0.2, 0) is 0 Å². The molecule has 0 atom stereocenters. The van der Waals surface area contributed by atoms with Crippen molar-refractivity contribution in [3.05, 3.63) is 45.0 Å². The molecule has 0 aliphatic heterocycles. The van der Waals surface area contributed by atoms with Gasteiger partial charge in [0.2, 0.25) is 0 Å². The lowest BCUT2D eigenvalue weighted by Crippen LogP contribution is -2.12. The Morgan fingerprint density at radius 1 is 1.11 bits per heavy atom. The normalized spacial score (nSPS) is 10.6. The van der Waals surface area contributed by atoms with E-state index in [1.165, 1.54) is 0 Å². The second-order valence-electron chi connectivity index (χ2n) is 4.78. The summed E-state index contributed by atoms with van der Waals surface area (Å²) < 4.78 is 5.41. The molecule has 0 aliphatic carbocycles. The predicted molar refractivity (Wildman–Crippen MR) is 75.8 cm³/mol. The average Bonchev–Trinajstić information content (AvgIpc) is 2.33. The third-order valence-electron chi connectivity index (χ3n) is 3.39. The second-order valence-corrected chi connectivity index (χ2v) is 4.78. The van der Waals surface area contributed by atoms with E-state index in [0.717, 1.165) is 33.7 Å². The van der Waals surface area contributed by atoms with Crippen molar-refractivity contribution >= 4 is 0 Å². The highest BCUT2D eigenvalue weighted by atomic mass is 16.5. The van der Waals surface area contributed by atoms with Crippen molar-refractivity contribution in [1.29, 1.82) is 0 Å². The van der Waals surface area contributed by atoms with Gasteiger partial charge in [0.25, 0.3) is 0 Å². The number of hydrogen-bond acceptors (Lipinski definition) is 3. The van der Waals surface area contributed by atoms with Gasteiger partial charge in [-0.3, -0.25) is 0 Å². The molecule has 0 unspecified atom stereocenters. The molecule has 1 heterocycles. The molecule has 1 aromatic heterocycles. The Morgan fingerprint density at radius 2 is 1.79 bits per heavy atom. The third kappa shape index (κ3) is 2.38. The maximum atomic E-state index is 11.5. The van der Waals surface area contributed by atoms with Crippen molar-refractivity contribution in [3.63, 3.8) is 0 Å². The number of rotatable bonds is 2. The molecule has 0 fully saturated rings. The highest BCUT2D eigenvalue weighted by Crippen LogP contribution is 2.33. The van der Waals surface area contributed by atoms with Gasteiger partial charge in [-0.2, -0.15) is 4.98 Å². The van der Waals surface area contributed by atoms with E-state index < -0.39 is 0 Å². The van der Waals surface area contributed by atoms with Crippen LogP contribution in [0.4, 0.5) is 0 Å². The first-order valence-electron chi connectivity index (χ1n) is 6.17. The Kier molecular flexibility index (Phi) is 3.42. The van der Waals surface area contributed by atoms with Crippen molar-refractivity contribution in [2.45, 2.75) is 27.7 Å². The van der Waals surface area contributed by atoms with Crippen molar-refractivity contribution in [1.82, 2.24) is 9.97 Å². The van der Waals surface area contributed by atoms with E-state index >= 15 is 0 Å². The molecule has 1 aromatic carbocycles. The molecule has 4 heteroatoms. The summed E-state index contributed by atoms with van der Waals surface area (Å²) in [4.78, 5) is 18.2. The van der Waals surface area contributed by atoms with Gasteiger partial charge in [-0.1, -0.05) is 0 Å². The molecule has 100 valence electrons. The highest BCUT2D eigenvalue weighted by Gasteiger charge is 2.13. The molecule has 4 nitrogen and oxygen atoms in total. The quantitative estimate of drug-likeness (QED) is 0.901. The number of aromatic nitrogens is 2. The molecule has 0 saturated carbocycles. The van der Waals surface area contributed by atoms with Gasteiger partial charge >= 0.3 is 5.69 Å². The van der Waals surface area contributed by atoms with Crippen LogP contribution in [-0.4, -0.2) is 17.1 Å². The molecule has 2 aromatic rings. The van der Waals surface area contributed by atoms with Gasteiger partial charge in [-0.05, 0) is 56.5 Å². The molecule has 2 rings (SSSR count). The molecular formula is C15H18N2O2. The minimum absolute atomic E-state index is 0.319. The highest BCUT2D eigenvalue weighted by molar-refractivity contribution is 5.69. The number of benzene rings is 1. The van der Waals surface area contributed by atoms with Gasteiger partial charge in [0, 0.05) is 11.3 Å². The smallest absolute Gasteiger partial charge is 0.345 e. The minimum Gasteiger partial charge on any atom is -0.496 e. The van der Waals surface area contributed by atoms with Crippen LogP contribution in [0.3, 0.4) is 0 Å². The number of methoxy groups -OCH3 is 1. The lowest BCUT2D eigenvalue weighted by Gasteiger charge is -2.15. The molecule has 19 heavy (non-hydrogen) atoms. The summed E-state index contributed by atoms with van der Waals surface area (Å²) in [5, 5.41) is 0. The fraction of sp³-hybridized carbons (Fsp3) is 0.333. The lowest BCUT2D eigenvalue weighted by molar-refractivity contribution is 0.408. The Hall–Kier alpha value is -2.10. The number of nitrogens with zero attached hydrogens (tertiary/aromatic N) is 1. The van der Waals surface area contributed by atoms with E-state index in [4.69, 9.17) is 4.74 Å². The van der Waals surface area contributed by atoms with Crippen molar-refractivity contribution in [2.24, 2.45) is 0 Å². The molecular weight excluding hydrogens is 240 g/mol. The van der Waals surface area contributed by atoms with Crippen LogP contribution in [0.15, 0.2) is 16.9 Å². The number of nitrogens with one attached hydrogen (secondary N) is 1. The Balaban J connectivity index is 2.73. The van der Waals surface area contributed by atoms with E-state index in [1.807, 2.05) is 39.8 Å². The average molecular weight is 258 g/mol. The largest absolute Gasteiger partial charge is 0.496 e. The van der Waals surface area contributed by atoms with Gasteiger partial charge in [-0.15, -0.1) is 0 Å². The van der Waals surface area contributed by atoms with Crippen molar-refractivity contribution < 1.29 is 4.74 Å². The fourth-order valence-corrected chi connectivity index (χ4v) is 2.36. The van der Waals surface area contributed by atoms with Crippen LogP contribution in [0.1, 0.15) is 22.4 Å². The maximum Gasteiger partial charge on any atom is 0.345 e. The summed E-state index contributed by atoms with van der Waals surface area (Å²) in [5.41, 5.74) is 5.37. The zero-order valence-corrected chi connectivity index (χ0v) is 11.9. The van der Waals surface area contributed by atoms with Crippen LogP contribution >= 0.6 is 0 Å². The summed E-state index contributed by atoms with van der Waals surface area (Å²) in [6, 6.07) is 3.90. The predicted octanol–water partition coefficient (Wildman–Crippen LogP) is 2.68. The first kappa shape index (κ1) is 13.3. The topological polar surface area (TPSA) is 55.0 Å². The molecule has 0 radical (unpaired) electrons. The first-order valence-corrected chi connectivity index (χ1v) is 6.17. The van der Waals surface area contributed by atoms with Crippen molar-refractivity contribution in [3.8, 4) is 17.0 Å². The van der Waals surface area contributed by atoms with Gasteiger partial charge in [0.15, 0.2) is 0 Å². The summed E-state index contributed by atoms with van der Waals surface area (Å²) in [7, 11) is 1.67. The summed E-state index contributed by atoms with van der Waals surface area (Å²) in [5.74, 6) is 0.891. The van der Waals surface area contributed by atoms with Crippen molar-refractivity contribution in [2.75, 3.05) is 7.11 Å². The monoisotopic (exact) mass is 258 g/mol.